The molecule has 0 saturated carbocycles. The third-order valence-corrected chi connectivity index (χ3v) is 6.31. The zero-order valence-electron chi connectivity index (χ0n) is 18.0. The molecule has 0 bridgehead atoms. The zero-order chi connectivity index (χ0) is 24.9. The maximum absolute atomic E-state index is 14.7. The molecule has 4 heterocycles. The number of halogens is 5. The van der Waals surface area contributed by atoms with Crippen LogP contribution in [-0.2, 0) is 16.2 Å². The summed E-state index contributed by atoms with van der Waals surface area (Å²) in [5.41, 5.74) is -0.585. The lowest BCUT2D eigenvalue weighted by atomic mass is 9.86. The van der Waals surface area contributed by atoms with Crippen LogP contribution in [0.15, 0.2) is 30.7 Å². The smallest absolute Gasteiger partial charge is 0.355 e. The molecular weight excluding hydrogens is 485 g/mol. The van der Waals surface area contributed by atoms with Crippen molar-refractivity contribution in [3.05, 3.63) is 36.4 Å². The van der Waals surface area contributed by atoms with Crippen molar-refractivity contribution in [3.63, 3.8) is 0 Å². The number of nitrogens with one attached hydrogen (secondary N) is 1. The molecule has 1 aliphatic heterocycles. The van der Waals surface area contributed by atoms with Crippen LogP contribution in [0, 0.1) is 11.8 Å². The molecule has 184 valence electrons. The Morgan fingerprint density at radius 1 is 1.18 bits per heavy atom. The predicted molar refractivity (Wildman–Crippen MR) is 112 cm³/mol. The van der Waals surface area contributed by atoms with E-state index in [1.807, 2.05) is 0 Å². The van der Waals surface area contributed by atoms with Crippen molar-refractivity contribution in [1.29, 1.82) is 0 Å². The van der Waals surface area contributed by atoms with Crippen LogP contribution in [0.4, 0.5) is 27.8 Å². The Balaban J connectivity index is 1.66. The summed E-state index contributed by atoms with van der Waals surface area (Å²) < 4.78 is 94.7. The van der Waals surface area contributed by atoms with Gasteiger partial charge in [0.15, 0.2) is 11.3 Å². The second kappa shape index (κ2) is 8.37. The minimum absolute atomic E-state index is 0.0670. The van der Waals surface area contributed by atoms with Gasteiger partial charge in [0.1, 0.15) is 17.8 Å². The Labute approximate surface area is 191 Å². The third kappa shape index (κ3) is 4.80. The van der Waals surface area contributed by atoms with Gasteiger partial charge in [-0.15, -0.1) is 0 Å². The molecule has 1 N–H and O–H groups in total. The molecule has 0 aliphatic carbocycles. The van der Waals surface area contributed by atoms with E-state index in [0.717, 1.165) is 16.8 Å². The summed E-state index contributed by atoms with van der Waals surface area (Å²) in [5, 5.41) is 3.61. The quantitative estimate of drug-likeness (QED) is 0.531. The highest BCUT2D eigenvalue weighted by Crippen LogP contribution is 2.39. The van der Waals surface area contributed by atoms with Gasteiger partial charge in [-0.1, -0.05) is 6.92 Å². The van der Waals surface area contributed by atoms with Crippen LogP contribution in [-0.4, -0.2) is 64.8 Å². The average Bonchev–Trinajstić information content (AvgIpc) is 3.17. The van der Waals surface area contributed by atoms with Gasteiger partial charge in [0.05, 0.1) is 24.1 Å². The van der Waals surface area contributed by atoms with Gasteiger partial charge in [-0.05, 0) is 12.1 Å². The number of sulfonamides is 1. The summed E-state index contributed by atoms with van der Waals surface area (Å²) in [7, 11) is -3.67. The van der Waals surface area contributed by atoms with Gasteiger partial charge >= 0.3 is 6.18 Å². The van der Waals surface area contributed by atoms with Gasteiger partial charge < -0.3 is 4.90 Å². The van der Waals surface area contributed by atoms with Gasteiger partial charge in [0, 0.05) is 31.6 Å². The Morgan fingerprint density at radius 2 is 1.91 bits per heavy atom. The topological polar surface area (TPSA) is 105 Å². The summed E-state index contributed by atoms with van der Waals surface area (Å²) in [4.78, 5) is 13.8. The van der Waals surface area contributed by atoms with Crippen molar-refractivity contribution in [2.75, 3.05) is 30.8 Å². The highest BCUT2D eigenvalue weighted by molar-refractivity contribution is 7.88. The summed E-state index contributed by atoms with van der Waals surface area (Å²) in [6.45, 7) is 0.638. The SMILES string of the molecule is CC1CN(c2cc(-c3cnc4ccc(C(F)(F)F)nn34)ncn2)CC(CNS(C)(=O)=O)C1(F)F. The number of alkyl halides is 5. The van der Waals surface area contributed by atoms with Gasteiger partial charge in [-0.3, -0.25) is 0 Å². The summed E-state index contributed by atoms with van der Waals surface area (Å²) >= 11 is 0. The molecular formula is C19H20F5N7O2S. The minimum Gasteiger partial charge on any atom is -0.355 e. The normalized spacial score (nSPS) is 21.2. The van der Waals surface area contributed by atoms with Crippen molar-refractivity contribution in [2.45, 2.75) is 19.0 Å². The maximum Gasteiger partial charge on any atom is 0.435 e. The monoisotopic (exact) mass is 505 g/mol. The second-order valence-corrected chi connectivity index (χ2v) is 10.0. The Bertz CT molecular complexity index is 1310. The van der Waals surface area contributed by atoms with Crippen LogP contribution >= 0.6 is 0 Å². The number of piperidine rings is 1. The van der Waals surface area contributed by atoms with Crippen molar-refractivity contribution < 1.29 is 30.4 Å². The lowest BCUT2D eigenvalue weighted by molar-refractivity contribution is -0.141. The standard InChI is InChI=1S/C19H20F5N7O2S/c1-11-8-30(9-12(18(11,20)21)6-28-34(2,32)33)17-5-13(26-10-27-17)14-7-25-16-4-3-15(19(22,23)24)29-31(14)16/h3-5,7,10-12,28H,6,8-9H2,1-2H3. The van der Waals surface area contributed by atoms with Crippen LogP contribution in [0.3, 0.4) is 0 Å². The fraction of sp³-hybridized carbons (Fsp3) is 0.474. The molecule has 15 heteroatoms. The first-order chi connectivity index (χ1) is 15.8. The van der Waals surface area contributed by atoms with Crippen LogP contribution < -0.4 is 9.62 Å². The highest BCUT2D eigenvalue weighted by Gasteiger charge is 2.49. The molecule has 0 spiro atoms. The molecule has 3 aromatic heterocycles. The highest BCUT2D eigenvalue weighted by atomic mass is 32.2. The molecule has 0 amide bonds. The molecule has 0 radical (unpaired) electrons. The summed E-state index contributed by atoms with van der Waals surface area (Å²) in [5.74, 6) is -5.29. The second-order valence-electron chi connectivity index (χ2n) is 8.19. The Morgan fingerprint density at radius 3 is 2.59 bits per heavy atom. The van der Waals surface area contributed by atoms with Crippen LogP contribution in [0.25, 0.3) is 17.0 Å². The summed E-state index contributed by atoms with van der Waals surface area (Å²) in [6.07, 6.45) is -1.30. The Kier molecular flexibility index (Phi) is 5.96. The molecule has 1 aliphatic rings. The van der Waals surface area contributed by atoms with Crippen molar-refractivity contribution >= 4 is 21.5 Å². The van der Waals surface area contributed by atoms with Crippen LogP contribution in [0.1, 0.15) is 12.6 Å². The number of imidazole rings is 1. The van der Waals surface area contributed by atoms with E-state index in [4.69, 9.17) is 0 Å². The number of fused-ring (bicyclic) bond motifs is 1. The van der Waals surface area contributed by atoms with E-state index in [-0.39, 0.29) is 35.9 Å². The van der Waals surface area contributed by atoms with Crippen LogP contribution in [0.5, 0.6) is 0 Å². The third-order valence-electron chi connectivity index (χ3n) is 5.62. The van der Waals surface area contributed by atoms with Gasteiger partial charge in [0.2, 0.25) is 10.0 Å². The molecule has 1 fully saturated rings. The fourth-order valence-corrected chi connectivity index (χ4v) is 4.32. The molecule has 1 saturated heterocycles. The zero-order valence-corrected chi connectivity index (χ0v) is 18.8. The number of aromatic nitrogens is 5. The molecule has 9 nitrogen and oxygen atoms in total. The molecule has 0 aromatic carbocycles. The number of nitrogens with zero attached hydrogens (tertiary/aromatic N) is 6. The van der Waals surface area contributed by atoms with E-state index in [2.05, 4.69) is 24.8 Å². The first-order valence-corrected chi connectivity index (χ1v) is 12.0. The minimum atomic E-state index is -4.66. The first-order valence-electron chi connectivity index (χ1n) is 10.1. The lowest BCUT2D eigenvalue weighted by Gasteiger charge is -2.43. The maximum atomic E-state index is 14.7. The van der Waals surface area contributed by atoms with Crippen molar-refractivity contribution in [2.24, 2.45) is 11.8 Å². The molecule has 2 unspecified atom stereocenters. The van der Waals surface area contributed by atoms with E-state index < -0.39 is 46.2 Å². The van der Waals surface area contributed by atoms with Gasteiger partial charge in [0.25, 0.3) is 5.92 Å². The number of hydrogen-bond donors (Lipinski definition) is 1. The number of rotatable bonds is 5. The molecule has 4 rings (SSSR count). The van der Waals surface area contributed by atoms with E-state index in [1.165, 1.54) is 31.6 Å². The fourth-order valence-electron chi connectivity index (χ4n) is 3.82. The number of hydrogen-bond acceptors (Lipinski definition) is 7. The predicted octanol–water partition coefficient (Wildman–Crippen LogP) is 2.46. The van der Waals surface area contributed by atoms with E-state index in [1.54, 1.807) is 4.90 Å². The first kappa shape index (κ1) is 24.2. The molecule has 34 heavy (non-hydrogen) atoms. The largest absolute Gasteiger partial charge is 0.435 e. The number of anilines is 1. The van der Waals surface area contributed by atoms with E-state index in [9.17, 15) is 30.4 Å². The van der Waals surface area contributed by atoms with Crippen molar-refractivity contribution in [3.8, 4) is 11.4 Å². The van der Waals surface area contributed by atoms with Crippen molar-refractivity contribution in [1.82, 2.24) is 29.3 Å². The van der Waals surface area contributed by atoms with E-state index in [0.29, 0.717) is 0 Å². The Hall–Kier alpha value is -2.94. The average molecular weight is 505 g/mol. The molecule has 2 atom stereocenters. The van der Waals surface area contributed by atoms with Gasteiger partial charge in [-0.25, -0.2) is 41.4 Å². The molecule has 3 aromatic rings. The van der Waals surface area contributed by atoms with E-state index >= 15 is 0 Å². The van der Waals surface area contributed by atoms with Gasteiger partial charge in [-0.2, -0.15) is 18.3 Å². The lowest BCUT2D eigenvalue weighted by Crippen LogP contribution is -2.56. The van der Waals surface area contributed by atoms with Crippen LogP contribution in [0.2, 0.25) is 0 Å². The summed E-state index contributed by atoms with van der Waals surface area (Å²) in [6, 6.07) is 3.44.